The van der Waals surface area contributed by atoms with E-state index in [0.717, 1.165) is 25.3 Å². The second kappa shape index (κ2) is 13.5. The largest absolute Gasteiger partial charge is 0.497 e. The number of carbonyl (C=O) groups is 2. The summed E-state index contributed by atoms with van der Waals surface area (Å²) < 4.78 is 5.47. The summed E-state index contributed by atoms with van der Waals surface area (Å²) in [5, 5.41) is 2.94. The maximum atomic E-state index is 13.4. The summed E-state index contributed by atoms with van der Waals surface area (Å²) in [7, 11) is 1.69. The van der Waals surface area contributed by atoms with E-state index in [1.165, 1.54) is 37.7 Å². The highest BCUT2D eigenvalue weighted by Crippen LogP contribution is 2.30. The SMILES string of the molecule is COc1cccc(CN(CC2CCCCC2)C2CCN(C(=O)c3cccnc3)[C@@H](C(=O)NCCN)C2)c1. The van der Waals surface area contributed by atoms with Crippen LogP contribution in [-0.2, 0) is 11.3 Å². The molecule has 1 unspecified atom stereocenters. The van der Waals surface area contributed by atoms with Crippen molar-refractivity contribution in [3.8, 4) is 5.75 Å². The van der Waals surface area contributed by atoms with Crippen molar-refractivity contribution in [2.75, 3.05) is 33.3 Å². The molecule has 200 valence electrons. The predicted molar refractivity (Wildman–Crippen MR) is 144 cm³/mol. The maximum absolute atomic E-state index is 13.4. The predicted octanol–water partition coefficient (Wildman–Crippen LogP) is 3.22. The van der Waals surface area contributed by atoms with Crippen molar-refractivity contribution < 1.29 is 14.3 Å². The van der Waals surface area contributed by atoms with E-state index in [1.54, 1.807) is 36.5 Å². The lowest BCUT2D eigenvalue weighted by Gasteiger charge is -2.44. The van der Waals surface area contributed by atoms with E-state index in [0.29, 0.717) is 37.5 Å². The monoisotopic (exact) mass is 507 g/mol. The van der Waals surface area contributed by atoms with E-state index in [-0.39, 0.29) is 17.9 Å². The number of hydrogen-bond acceptors (Lipinski definition) is 6. The van der Waals surface area contributed by atoms with Gasteiger partial charge in [0.1, 0.15) is 11.8 Å². The number of pyridine rings is 1. The van der Waals surface area contributed by atoms with Crippen LogP contribution in [0.4, 0.5) is 0 Å². The van der Waals surface area contributed by atoms with Gasteiger partial charge >= 0.3 is 0 Å². The fourth-order valence-electron chi connectivity index (χ4n) is 5.79. The molecule has 1 saturated heterocycles. The van der Waals surface area contributed by atoms with Gasteiger partial charge in [0.15, 0.2) is 0 Å². The number of carbonyl (C=O) groups excluding carboxylic acids is 2. The zero-order chi connectivity index (χ0) is 26.0. The zero-order valence-corrected chi connectivity index (χ0v) is 22.0. The second-order valence-electron chi connectivity index (χ2n) is 10.3. The summed E-state index contributed by atoms with van der Waals surface area (Å²) >= 11 is 0. The molecule has 1 aromatic heterocycles. The van der Waals surface area contributed by atoms with Crippen molar-refractivity contribution in [1.82, 2.24) is 20.1 Å². The van der Waals surface area contributed by atoms with Gasteiger partial charge in [-0.1, -0.05) is 31.4 Å². The number of nitrogens with one attached hydrogen (secondary N) is 1. The minimum absolute atomic E-state index is 0.133. The molecule has 3 N–H and O–H groups in total. The number of methoxy groups -OCH3 is 1. The molecule has 1 aliphatic carbocycles. The number of rotatable bonds is 10. The van der Waals surface area contributed by atoms with Gasteiger partial charge < -0.3 is 20.7 Å². The first kappa shape index (κ1) is 27.1. The minimum Gasteiger partial charge on any atom is -0.497 e. The Balaban J connectivity index is 1.56. The van der Waals surface area contributed by atoms with Crippen molar-refractivity contribution in [3.05, 3.63) is 59.9 Å². The molecule has 4 rings (SSSR count). The van der Waals surface area contributed by atoms with E-state index in [2.05, 4.69) is 27.3 Å². The number of hydrogen-bond donors (Lipinski definition) is 2. The van der Waals surface area contributed by atoms with Gasteiger partial charge in [-0.15, -0.1) is 0 Å². The van der Waals surface area contributed by atoms with Crippen LogP contribution < -0.4 is 15.8 Å². The highest BCUT2D eigenvalue weighted by atomic mass is 16.5. The Morgan fingerprint density at radius 1 is 1.16 bits per heavy atom. The number of nitrogens with two attached hydrogens (primary N) is 1. The van der Waals surface area contributed by atoms with Crippen LogP contribution in [0.15, 0.2) is 48.8 Å². The number of ether oxygens (including phenoxy) is 1. The van der Waals surface area contributed by atoms with Gasteiger partial charge in [0.05, 0.1) is 12.7 Å². The average Bonchev–Trinajstić information content (AvgIpc) is 2.96. The smallest absolute Gasteiger partial charge is 0.256 e. The third-order valence-corrected chi connectivity index (χ3v) is 7.74. The number of amides is 2. The Morgan fingerprint density at radius 3 is 2.73 bits per heavy atom. The molecule has 1 aromatic carbocycles. The molecule has 37 heavy (non-hydrogen) atoms. The number of aromatic nitrogens is 1. The molecule has 2 amide bonds. The Bertz CT molecular complexity index is 1010. The van der Waals surface area contributed by atoms with E-state index in [9.17, 15) is 9.59 Å². The molecule has 0 radical (unpaired) electrons. The molecule has 2 aromatic rings. The third-order valence-electron chi connectivity index (χ3n) is 7.74. The Labute approximate surface area is 220 Å². The maximum Gasteiger partial charge on any atom is 0.256 e. The topological polar surface area (TPSA) is 101 Å². The molecule has 2 atom stereocenters. The van der Waals surface area contributed by atoms with E-state index < -0.39 is 6.04 Å². The zero-order valence-electron chi connectivity index (χ0n) is 22.0. The highest BCUT2D eigenvalue weighted by Gasteiger charge is 2.39. The van der Waals surface area contributed by atoms with Gasteiger partial charge in [-0.25, -0.2) is 0 Å². The highest BCUT2D eigenvalue weighted by molar-refractivity contribution is 5.97. The van der Waals surface area contributed by atoms with Crippen LogP contribution in [0.5, 0.6) is 5.75 Å². The van der Waals surface area contributed by atoms with Crippen molar-refractivity contribution in [1.29, 1.82) is 0 Å². The molecule has 2 aliphatic rings. The minimum atomic E-state index is -0.544. The summed E-state index contributed by atoms with van der Waals surface area (Å²) in [6, 6.07) is 11.4. The normalized spacial score (nSPS) is 20.6. The van der Waals surface area contributed by atoms with E-state index in [1.807, 2.05) is 12.1 Å². The van der Waals surface area contributed by atoms with E-state index in [4.69, 9.17) is 10.5 Å². The van der Waals surface area contributed by atoms with Gasteiger partial charge in [-0.05, 0) is 61.4 Å². The Hall–Kier alpha value is -2.97. The first-order valence-corrected chi connectivity index (χ1v) is 13.6. The molecule has 1 aliphatic heterocycles. The van der Waals surface area contributed by atoms with Gasteiger partial charge in [0.25, 0.3) is 5.91 Å². The van der Waals surface area contributed by atoms with Gasteiger partial charge in [0, 0.05) is 51.2 Å². The van der Waals surface area contributed by atoms with Crippen LogP contribution >= 0.6 is 0 Å². The van der Waals surface area contributed by atoms with E-state index >= 15 is 0 Å². The number of likely N-dealkylation sites (tertiary alicyclic amines) is 1. The summed E-state index contributed by atoms with van der Waals surface area (Å²) in [6.07, 6.45) is 11.1. The quantitative estimate of drug-likeness (QED) is 0.512. The van der Waals surface area contributed by atoms with Crippen molar-refractivity contribution >= 4 is 11.8 Å². The molecule has 0 spiro atoms. The second-order valence-corrected chi connectivity index (χ2v) is 10.3. The molecule has 2 heterocycles. The number of piperidine rings is 1. The molecule has 2 fully saturated rings. The first-order chi connectivity index (χ1) is 18.1. The van der Waals surface area contributed by atoms with Crippen LogP contribution in [0.25, 0.3) is 0 Å². The molecular weight excluding hydrogens is 466 g/mol. The molecule has 8 nitrogen and oxygen atoms in total. The molecular formula is C29H41N5O3. The fraction of sp³-hybridized carbons (Fsp3) is 0.552. The lowest BCUT2D eigenvalue weighted by Crippen LogP contribution is -2.58. The fourth-order valence-corrected chi connectivity index (χ4v) is 5.79. The summed E-state index contributed by atoms with van der Waals surface area (Å²) in [4.78, 5) is 35.1. The molecule has 1 saturated carbocycles. The Morgan fingerprint density at radius 2 is 2.00 bits per heavy atom. The van der Waals surface area contributed by atoms with Crippen LogP contribution in [-0.4, -0.2) is 72.0 Å². The first-order valence-electron chi connectivity index (χ1n) is 13.6. The van der Waals surface area contributed by atoms with Gasteiger partial charge in [-0.2, -0.15) is 0 Å². The van der Waals surface area contributed by atoms with Crippen LogP contribution in [0.2, 0.25) is 0 Å². The molecule has 8 heteroatoms. The summed E-state index contributed by atoms with van der Waals surface area (Å²) in [5.74, 6) is 1.24. The van der Waals surface area contributed by atoms with Crippen molar-refractivity contribution in [2.45, 2.75) is 63.6 Å². The number of nitrogens with zero attached hydrogens (tertiary/aromatic N) is 3. The number of benzene rings is 1. The Kier molecular flexibility index (Phi) is 9.91. The van der Waals surface area contributed by atoms with Crippen LogP contribution in [0, 0.1) is 5.92 Å². The summed E-state index contributed by atoms with van der Waals surface area (Å²) in [6.45, 7) is 3.09. The van der Waals surface area contributed by atoms with Gasteiger partial charge in [-0.3, -0.25) is 19.5 Å². The standard InChI is InChI=1S/C29H41N5O3/c1-37-26-11-5-9-23(17-26)21-33(20-22-7-3-2-4-8-22)25-12-16-34(27(18-25)28(35)32-15-13-30)29(36)24-10-6-14-31-19-24/h5-6,9-11,14,17,19,22,25,27H,2-4,7-8,12-13,15-16,18,20-21,30H2,1H3,(H,32,35)/t25?,27-/m1/s1. The third kappa shape index (κ3) is 7.29. The van der Waals surface area contributed by atoms with Crippen LogP contribution in [0.1, 0.15) is 60.9 Å². The van der Waals surface area contributed by atoms with Crippen molar-refractivity contribution in [3.63, 3.8) is 0 Å². The lowest BCUT2D eigenvalue weighted by atomic mass is 9.87. The van der Waals surface area contributed by atoms with Crippen molar-refractivity contribution in [2.24, 2.45) is 11.7 Å². The molecule has 0 bridgehead atoms. The summed E-state index contributed by atoms with van der Waals surface area (Å²) in [5.41, 5.74) is 7.37. The van der Waals surface area contributed by atoms with Gasteiger partial charge in [0.2, 0.25) is 5.91 Å². The lowest BCUT2D eigenvalue weighted by molar-refractivity contribution is -0.127. The average molecular weight is 508 g/mol. The van der Waals surface area contributed by atoms with Crippen LogP contribution in [0.3, 0.4) is 0 Å².